The number of nitrogens with zero attached hydrogens (tertiary/aromatic N) is 1. The Morgan fingerprint density at radius 1 is 1.47 bits per heavy atom. The van der Waals surface area contributed by atoms with Crippen LogP contribution in [0, 0.1) is 0 Å². The van der Waals surface area contributed by atoms with Crippen molar-refractivity contribution in [2.45, 2.75) is 11.7 Å². The largest absolute Gasteiger partial charge is 0.507 e. The quantitative estimate of drug-likeness (QED) is 0.690. The van der Waals surface area contributed by atoms with Gasteiger partial charge in [-0.2, -0.15) is 12.6 Å². The smallest absolute Gasteiger partial charge is 0.339 e. The number of carboxylic acid groups (broad SMARTS) is 1. The van der Waals surface area contributed by atoms with Crippen LogP contribution in [0.15, 0.2) is 18.2 Å². The summed E-state index contributed by atoms with van der Waals surface area (Å²) in [6.07, 6.45) is 0.340. The normalized spacial score (nSPS) is 19.7. The van der Waals surface area contributed by atoms with Crippen molar-refractivity contribution < 1.29 is 19.8 Å². The van der Waals surface area contributed by atoms with Gasteiger partial charge in [-0.3, -0.25) is 4.79 Å². The Bertz CT molecular complexity index is 488. The third kappa shape index (κ3) is 2.21. The van der Waals surface area contributed by atoms with Gasteiger partial charge in [0.15, 0.2) is 0 Å². The van der Waals surface area contributed by atoms with E-state index in [1.807, 2.05) is 0 Å². The molecule has 1 heterocycles. The van der Waals surface area contributed by atoms with Crippen molar-refractivity contribution in [1.29, 1.82) is 0 Å². The molecule has 0 aromatic heterocycles. The monoisotopic (exact) mass is 253 g/mol. The second-order valence-corrected chi connectivity index (χ2v) is 4.60. The molecule has 1 aliphatic heterocycles. The van der Waals surface area contributed by atoms with Gasteiger partial charge in [0.1, 0.15) is 11.3 Å². The van der Waals surface area contributed by atoms with Crippen LogP contribution < -0.4 is 4.90 Å². The maximum Gasteiger partial charge on any atom is 0.339 e. The van der Waals surface area contributed by atoms with E-state index >= 15 is 0 Å². The Balaban J connectivity index is 2.37. The number of aromatic carboxylic acids is 1. The van der Waals surface area contributed by atoms with Crippen LogP contribution in [-0.4, -0.2) is 33.9 Å². The first kappa shape index (κ1) is 11.8. The van der Waals surface area contributed by atoms with E-state index in [1.165, 1.54) is 23.1 Å². The topological polar surface area (TPSA) is 77.8 Å². The fraction of sp³-hybridized carbons (Fsp3) is 0.273. The number of carbonyl (C=O) groups excluding carboxylic acids is 1. The molecule has 2 rings (SSSR count). The average molecular weight is 253 g/mol. The summed E-state index contributed by atoms with van der Waals surface area (Å²) in [6.45, 7) is 0.450. The van der Waals surface area contributed by atoms with Crippen molar-refractivity contribution >= 4 is 30.2 Å². The van der Waals surface area contributed by atoms with Crippen LogP contribution in [0.2, 0.25) is 0 Å². The molecule has 0 saturated carbocycles. The van der Waals surface area contributed by atoms with Crippen LogP contribution in [0.5, 0.6) is 5.75 Å². The fourth-order valence-corrected chi connectivity index (χ4v) is 2.12. The van der Waals surface area contributed by atoms with E-state index in [1.54, 1.807) is 0 Å². The second kappa shape index (κ2) is 4.29. The molecule has 1 unspecified atom stereocenters. The Kier molecular flexibility index (Phi) is 2.97. The molecule has 6 heteroatoms. The fourth-order valence-electron chi connectivity index (χ4n) is 1.80. The average Bonchev–Trinajstić information content (AvgIpc) is 2.58. The molecule has 1 aromatic carbocycles. The number of anilines is 1. The predicted molar refractivity (Wildman–Crippen MR) is 64.8 cm³/mol. The van der Waals surface area contributed by atoms with Gasteiger partial charge in [-0.15, -0.1) is 0 Å². The molecule has 1 aliphatic rings. The van der Waals surface area contributed by atoms with Crippen LogP contribution >= 0.6 is 12.6 Å². The van der Waals surface area contributed by atoms with Crippen molar-refractivity contribution in [2.75, 3.05) is 11.4 Å². The van der Waals surface area contributed by atoms with Crippen LogP contribution in [0.4, 0.5) is 5.69 Å². The summed E-state index contributed by atoms with van der Waals surface area (Å²) in [6, 6.07) is 4.09. The highest BCUT2D eigenvalue weighted by Crippen LogP contribution is 2.28. The number of phenols is 1. The zero-order valence-corrected chi connectivity index (χ0v) is 9.72. The number of thiol groups is 1. The number of amides is 1. The minimum Gasteiger partial charge on any atom is -0.507 e. The van der Waals surface area contributed by atoms with Gasteiger partial charge < -0.3 is 15.1 Å². The molecule has 5 nitrogen and oxygen atoms in total. The molecule has 1 amide bonds. The van der Waals surface area contributed by atoms with Gasteiger partial charge in [0.05, 0.1) is 0 Å². The lowest BCUT2D eigenvalue weighted by Crippen LogP contribution is -2.24. The summed E-state index contributed by atoms with van der Waals surface area (Å²) < 4.78 is 0. The number of benzene rings is 1. The number of hydrogen-bond acceptors (Lipinski definition) is 4. The first-order chi connectivity index (χ1) is 7.99. The van der Waals surface area contributed by atoms with E-state index < -0.39 is 5.97 Å². The molecule has 1 saturated heterocycles. The SMILES string of the molecule is O=C(O)c1cc(N2CC(S)CC2=O)ccc1O. The Labute approximate surface area is 103 Å². The van der Waals surface area contributed by atoms with Crippen molar-refractivity contribution in [3.63, 3.8) is 0 Å². The summed E-state index contributed by atoms with van der Waals surface area (Å²) in [5, 5.41) is 18.2. The molecule has 90 valence electrons. The number of rotatable bonds is 2. The Morgan fingerprint density at radius 2 is 2.18 bits per heavy atom. The van der Waals surface area contributed by atoms with Gasteiger partial charge in [-0.05, 0) is 18.2 Å². The van der Waals surface area contributed by atoms with Crippen LogP contribution in [0.3, 0.4) is 0 Å². The molecule has 17 heavy (non-hydrogen) atoms. The van der Waals surface area contributed by atoms with Gasteiger partial charge in [0.2, 0.25) is 5.91 Å². The molecule has 2 N–H and O–H groups in total. The van der Waals surface area contributed by atoms with Crippen LogP contribution in [0.25, 0.3) is 0 Å². The van der Waals surface area contributed by atoms with Crippen molar-refractivity contribution in [2.24, 2.45) is 0 Å². The zero-order chi connectivity index (χ0) is 12.6. The minimum absolute atomic E-state index is 0.0374. The van der Waals surface area contributed by atoms with E-state index in [0.29, 0.717) is 18.7 Å². The molecule has 0 spiro atoms. The molecular weight excluding hydrogens is 242 g/mol. The molecule has 1 aromatic rings. The number of carboxylic acids is 1. The van der Waals surface area contributed by atoms with Gasteiger partial charge in [0.25, 0.3) is 0 Å². The molecule has 1 fully saturated rings. The second-order valence-electron chi connectivity index (χ2n) is 3.87. The van der Waals surface area contributed by atoms with E-state index in [-0.39, 0.29) is 22.5 Å². The number of hydrogen-bond donors (Lipinski definition) is 3. The predicted octanol–water partition coefficient (Wildman–Crippen LogP) is 1.13. The van der Waals surface area contributed by atoms with Gasteiger partial charge in [-0.25, -0.2) is 4.79 Å². The van der Waals surface area contributed by atoms with Crippen LogP contribution in [-0.2, 0) is 4.79 Å². The first-order valence-corrected chi connectivity index (χ1v) is 5.55. The Hall–Kier alpha value is -1.69. The highest BCUT2D eigenvalue weighted by Gasteiger charge is 2.29. The van der Waals surface area contributed by atoms with Crippen molar-refractivity contribution in [1.82, 2.24) is 0 Å². The minimum atomic E-state index is -1.22. The summed E-state index contributed by atoms with van der Waals surface area (Å²) >= 11 is 4.22. The summed E-state index contributed by atoms with van der Waals surface area (Å²) in [5.74, 6) is -1.62. The van der Waals surface area contributed by atoms with E-state index in [0.717, 1.165) is 0 Å². The molecule has 0 bridgehead atoms. The number of aromatic hydroxyl groups is 1. The summed E-state index contributed by atoms with van der Waals surface area (Å²) in [4.78, 5) is 24.0. The lowest BCUT2D eigenvalue weighted by Gasteiger charge is -2.16. The standard InChI is InChI=1S/C11H11NO4S/c13-9-2-1-6(3-8(9)11(15)16)12-5-7(17)4-10(12)14/h1-3,7,13,17H,4-5H2,(H,15,16). The molecule has 0 radical (unpaired) electrons. The lowest BCUT2D eigenvalue weighted by atomic mass is 10.1. The van der Waals surface area contributed by atoms with Gasteiger partial charge >= 0.3 is 5.97 Å². The molecule has 0 aliphatic carbocycles. The summed E-state index contributed by atoms with van der Waals surface area (Å²) in [7, 11) is 0. The van der Waals surface area contributed by atoms with Gasteiger partial charge in [0, 0.05) is 23.9 Å². The van der Waals surface area contributed by atoms with E-state index in [9.17, 15) is 14.7 Å². The summed E-state index contributed by atoms with van der Waals surface area (Å²) in [5.41, 5.74) is 0.264. The zero-order valence-electron chi connectivity index (χ0n) is 8.83. The third-order valence-electron chi connectivity index (χ3n) is 2.63. The maximum absolute atomic E-state index is 11.6. The molecular formula is C11H11NO4S. The highest BCUT2D eigenvalue weighted by atomic mass is 32.1. The maximum atomic E-state index is 11.6. The van der Waals surface area contributed by atoms with E-state index in [2.05, 4.69) is 12.6 Å². The number of carbonyl (C=O) groups is 2. The Morgan fingerprint density at radius 3 is 2.71 bits per heavy atom. The lowest BCUT2D eigenvalue weighted by molar-refractivity contribution is -0.117. The third-order valence-corrected chi connectivity index (χ3v) is 2.97. The highest BCUT2D eigenvalue weighted by molar-refractivity contribution is 7.81. The van der Waals surface area contributed by atoms with Crippen LogP contribution in [0.1, 0.15) is 16.8 Å². The first-order valence-electron chi connectivity index (χ1n) is 5.04. The molecule has 1 atom stereocenters. The van der Waals surface area contributed by atoms with Crippen molar-refractivity contribution in [3.8, 4) is 5.75 Å². The van der Waals surface area contributed by atoms with E-state index in [4.69, 9.17) is 5.11 Å². The van der Waals surface area contributed by atoms with Gasteiger partial charge in [-0.1, -0.05) is 0 Å². The van der Waals surface area contributed by atoms with Crippen molar-refractivity contribution in [3.05, 3.63) is 23.8 Å².